The summed E-state index contributed by atoms with van der Waals surface area (Å²) in [6.07, 6.45) is 0.229. The summed E-state index contributed by atoms with van der Waals surface area (Å²) in [5.74, 6) is -0.535. The molecule has 0 N–H and O–H groups in total. The molecule has 0 saturated carbocycles. The Morgan fingerprint density at radius 1 is 1.07 bits per heavy atom. The first-order valence-corrected chi connectivity index (χ1v) is 9.86. The third kappa shape index (κ3) is 4.97. The number of ether oxygens (including phenoxy) is 2. The van der Waals surface area contributed by atoms with Crippen LogP contribution in [-0.2, 0) is 25.7 Å². The zero-order chi connectivity index (χ0) is 21.5. The van der Waals surface area contributed by atoms with Gasteiger partial charge >= 0.3 is 5.97 Å². The SMILES string of the molecule is COC(=O)CCN(Cc1ccccc1)C(=O)C1CC(=O)N(c2ccccc2OC)C1. The van der Waals surface area contributed by atoms with E-state index in [0.29, 0.717) is 18.0 Å². The number of hydrogen-bond donors (Lipinski definition) is 0. The minimum absolute atomic E-state index is 0.103. The van der Waals surface area contributed by atoms with Gasteiger partial charge in [0, 0.05) is 26.1 Å². The number of esters is 1. The maximum atomic E-state index is 13.3. The molecule has 0 spiro atoms. The van der Waals surface area contributed by atoms with Gasteiger partial charge in [0.1, 0.15) is 5.75 Å². The first-order chi connectivity index (χ1) is 14.5. The molecule has 1 saturated heterocycles. The Balaban J connectivity index is 1.76. The molecule has 0 bridgehead atoms. The van der Waals surface area contributed by atoms with Gasteiger partial charge in [0.25, 0.3) is 0 Å². The number of para-hydroxylation sites is 2. The van der Waals surface area contributed by atoms with Crippen LogP contribution < -0.4 is 9.64 Å². The number of hydrogen-bond acceptors (Lipinski definition) is 5. The van der Waals surface area contributed by atoms with Crippen LogP contribution in [0.2, 0.25) is 0 Å². The largest absolute Gasteiger partial charge is 0.495 e. The summed E-state index contributed by atoms with van der Waals surface area (Å²) in [5, 5.41) is 0. The highest BCUT2D eigenvalue weighted by atomic mass is 16.5. The summed E-state index contributed by atoms with van der Waals surface area (Å²) in [4.78, 5) is 40.8. The Morgan fingerprint density at radius 3 is 2.47 bits per heavy atom. The van der Waals surface area contributed by atoms with E-state index in [1.807, 2.05) is 48.5 Å². The first-order valence-electron chi connectivity index (χ1n) is 9.86. The quantitative estimate of drug-likeness (QED) is 0.626. The van der Waals surface area contributed by atoms with E-state index in [0.717, 1.165) is 5.56 Å². The molecule has 0 aliphatic carbocycles. The summed E-state index contributed by atoms with van der Waals surface area (Å²) in [5.41, 5.74) is 1.62. The first kappa shape index (κ1) is 21.4. The molecule has 7 nitrogen and oxygen atoms in total. The fourth-order valence-corrected chi connectivity index (χ4v) is 3.62. The smallest absolute Gasteiger partial charge is 0.307 e. The average molecular weight is 410 g/mol. The third-order valence-electron chi connectivity index (χ3n) is 5.19. The lowest BCUT2D eigenvalue weighted by Gasteiger charge is -2.26. The molecule has 1 aliphatic rings. The van der Waals surface area contributed by atoms with E-state index in [1.54, 1.807) is 23.0 Å². The Kier molecular flexibility index (Phi) is 7.06. The van der Waals surface area contributed by atoms with Crippen LogP contribution in [0.1, 0.15) is 18.4 Å². The maximum absolute atomic E-state index is 13.3. The van der Waals surface area contributed by atoms with E-state index >= 15 is 0 Å². The van der Waals surface area contributed by atoms with Crippen LogP contribution in [0.15, 0.2) is 54.6 Å². The zero-order valence-electron chi connectivity index (χ0n) is 17.2. The molecule has 0 aromatic heterocycles. The number of carbonyl (C=O) groups is 3. The highest BCUT2D eigenvalue weighted by Gasteiger charge is 2.38. The van der Waals surface area contributed by atoms with Gasteiger partial charge in [0.15, 0.2) is 0 Å². The van der Waals surface area contributed by atoms with Gasteiger partial charge in [0.2, 0.25) is 11.8 Å². The molecule has 1 heterocycles. The molecule has 2 amide bonds. The average Bonchev–Trinajstić information content (AvgIpc) is 3.17. The van der Waals surface area contributed by atoms with Gasteiger partial charge in [-0.2, -0.15) is 0 Å². The Labute approximate surface area is 176 Å². The van der Waals surface area contributed by atoms with E-state index in [9.17, 15) is 14.4 Å². The monoisotopic (exact) mass is 410 g/mol. The fourth-order valence-electron chi connectivity index (χ4n) is 3.62. The standard InChI is InChI=1S/C23H26N2O5/c1-29-20-11-7-6-10-19(20)25-16-18(14-21(25)26)23(28)24(13-12-22(27)30-2)15-17-8-4-3-5-9-17/h3-11,18H,12-16H2,1-2H3. The van der Waals surface area contributed by atoms with Crippen LogP contribution in [0, 0.1) is 5.92 Å². The Hall–Kier alpha value is -3.35. The molecular formula is C23H26N2O5. The highest BCUT2D eigenvalue weighted by Crippen LogP contribution is 2.33. The molecule has 7 heteroatoms. The van der Waals surface area contributed by atoms with E-state index in [2.05, 4.69) is 0 Å². The van der Waals surface area contributed by atoms with Crippen LogP contribution in [0.4, 0.5) is 5.69 Å². The molecule has 1 fully saturated rings. The second kappa shape index (κ2) is 9.91. The number of benzene rings is 2. The van der Waals surface area contributed by atoms with Crippen LogP contribution >= 0.6 is 0 Å². The number of amides is 2. The molecular weight excluding hydrogens is 384 g/mol. The fraction of sp³-hybridized carbons (Fsp3) is 0.348. The minimum Gasteiger partial charge on any atom is -0.495 e. The molecule has 1 aliphatic heterocycles. The van der Waals surface area contributed by atoms with Crippen molar-refractivity contribution in [3.8, 4) is 5.75 Å². The molecule has 2 aromatic carbocycles. The van der Waals surface area contributed by atoms with Crippen molar-refractivity contribution >= 4 is 23.5 Å². The van der Waals surface area contributed by atoms with Gasteiger partial charge < -0.3 is 19.3 Å². The lowest BCUT2D eigenvalue weighted by Crippen LogP contribution is -2.38. The number of rotatable bonds is 8. The molecule has 1 atom stereocenters. The normalized spacial score (nSPS) is 15.7. The van der Waals surface area contributed by atoms with Crippen molar-refractivity contribution in [3.63, 3.8) is 0 Å². The molecule has 158 valence electrons. The minimum atomic E-state index is -0.483. The van der Waals surface area contributed by atoms with Gasteiger partial charge in [-0.25, -0.2) is 0 Å². The predicted octanol–water partition coefficient (Wildman–Crippen LogP) is 2.64. The molecule has 0 radical (unpaired) electrons. The summed E-state index contributed by atoms with van der Waals surface area (Å²) in [6, 6.07) is 16.8. The molecule has 2 aromatic rings. The Bertz CT molecular complexity index is 899. The Morgan fingerprint density at radius 2 is 1.77 bits per heavy atom. The van der Waals surface area contributed by atoms with Gasteiger partial charge in [-0.15, -0.1) is 0 Å². The van der Waals surface area contributed by atoms with Crippen LogP contribution in [-0.4, -0.2) is 50.0 Å². The summed E-state index contributed by atoms with van der Waals surface area (Å²) in [6.45, 7) is 0.886. The molecule has 30 heavy (non-hydrogen) atoms. The van der Waals surface area contributed by atoms with Crippen molar-refractivity contribution in [2.45, 2.75) is 19.4 Å². The van der Waals surface area contributed by atoms with Gasteiger partial charge in [0.05, 0.1) is 32.2 Å². The van der Waals surface area contributed by atoms with Crippen LogP contribution in [0.25, 0.3) is 0 Å². The van der Waals surface area contributed by atoms with Crippen molar-refractivity contribution in [1.82, 2.24) is 4.90 Å². The van der Waals surface area contributed by atoms with E-state index in [1.165, 1.54) is 7.11 Å². The lowest BCUT2D eigenvalue weighted by atomic mass is 10.1. The molecule has 1 unspecified atom stereocenters. The van der Waals surface area contributed by atoms with E-state index < -0.39 is 5.92 Å². The van der Waals surface area contributed by atoms with E-state index in [4.69, 9.17) is 9.47 Å². The second-order valence-electron chi connectivity index (χ2n) is 7.15. The van der Waals surface area contributed by atoms with Crippen LogP contribution in [0.5, 0.6) is 5.75 Å². The highest BCUT2D eigenvalue weighted by molar-refractivity contribution is 6.01. The van der Waals surface area contributed by atoms with Gasteiger partial charge in [-0.05, 0) is 17.7 Å². The van der Waals surface area contributed by atoms with E-state index in [-0.39, 0.29) is 43.7 Å². The van der Waals surface area contributed by atoms with Crippen molar-refractivity contribution in [1.29, 1.82) is 0 Å². The topological polar surface area (TPSA) is 76.2 Å². The van der Waals surface area contributed by atoms with Crippen molar-refractivity contribution in [2.75, 3.05) is 32.2 Å². The second-order valence-corrected chi connectivity index (χ2v) is 7.15. The van der Waals surface area contributed by atoms with Crippen LogP contribution in [0.3, 0.4) is 0 Å². The number of nitrogens with zero attached hydrogens (tertiary/aromatic N) is 2. The lowest BCUT2D eigenvalue weighted by molar-refractivity contribution is -0.142. The third-order valence-corrected chi connectivity index (χ3v) is 5.19. The zero-order valence-corrected chi connectivity index (χ0v) is 17.2. The number of carbonyl (C=O) groups excluding carboxylic acids is 3. The number of anilines is 1. The number of methoxy groups -OCH3 is 2. The summed E-state index contributed by atoms with van der Waals surface area (Å²) in [7, 11) is 2.88. The molecule has 3 rings (SSSR count). The van der Waals surface area contributed by atoms with Crippen molar-refractivity contribution < 1.29 is 23.9 Å². The van der Waals surface area contributed by atoms with Crippen molar-refractivity contribution in [2.24, 2.45) is 5.92 Å². The summed E-state index contributed by atoms with van der Waals surface area (Å²) >= 11 is 0. The maximum Gasteiger partial charge on any atom is 0.307 e. The van der Waals surface area contributed by atoms with Gasteiger partial charge in [-0.1, -0.05) is 42.5 Å². The predicted molar refractivity (Wildman–Crippen MR) is 112 cm³/mol. The van der Waals surface area contributed by atoms with Crippen molar-refractivity contribution in [3.05, 3.63) is 60.2 Å². The van der Waals surface area contributed by atoms with Gasteiger partial charge in [-0.3, -0.25) is 14.4 Å². The summed E-state index contributed by atoms with van der Waals surface area (Å²) < 4.78 is 10.1.